The van der Waals surface area contributed by atoms with Crippen LogP contribution in [-0.4, -0.2) is 40.7 Å². The van der Waals surface area contributed by atoms with Crippen molar-refractivity contribution in [2.24, 2.45) is 0 Å². The van der Waals surface area contributed by atoms with Crippen LogP contribution >= 0.6 is 0 Å². The maximum Gasteiger partial charge on any atom is 0.0757 e. The van der Waals surface area contributed by atoms with E-state index in [1.54, 1.807) is 0 Å². The van der Waals surface area contributed by atoms with Gasteiger partial charge < -0.3 is 10.1 Å². The van der Waals surface area contributed by atoms with Crippen LogP contribution in [0.2, 0.25) is 0 Å². The number of rotatable bonds is 5. The summed E-state index contributed by atoms with van der Waals surface area (Å²) in [6, 6.07) is 6.79. The molecule has 0 spiro atoms. The molecule has 4 heteroatoms. The molecular formula is C17H29N3O. The molecule has 21 heavy (non-hydrogen) atoms. The molecular weight excluding hydrogens is 262 g/mol. The highest BCUT2D eigenvalue weighted by atomic mass is 16.5. The van der Waals surface area contributed by atoms with Crippen molar-refractivity contribution in [2.75, 3.05) is 13.1 Å². The van der Waals surface area contributed by atoms with Crippen LogP contribution < -0.4 is 5.32 Å². The van der Waals surface area contributed by atoms with Crippen molar-refractivity contribution in [1.29, 1.82) is 0 Å². The molecule has 0 bridgehead atoms. The van der Waals surface area contributed by atoms with Gasteiger partial charge in [-0.2, -0.15) is 0 Å². The van der Waals surface area contributed by atoms with Gasteiger partial charge in [0.1, 0.15) is 0 Å². The number of nitrogens with one attached hydrogen (secondary N) is 1. The summed E-state index contributed by atoms with van der Waals surface area (Å²) in [6.45, 7) is 14.4. The molecule has 1 unspecified atom stereocenters. The van der Waals surface area contributed by atoms with Crippen molar-refractivity contribution in [3.8, 4) is 0 Å². The Hall–Kier alpha value is -0.970. The average Bonchev–Trinajstić information content (AvgIpc) is 2.34. The molecule has 4 nitrogen and oxygen atoms in total. The third-order valence-electron chi connectivity index (χ3n) is 3.58. The third-order valence-corrected chi connectivity index (χ3v) is 3.58. The minimum Gasteiger partial charge on any atom is -0.370 e. The number of pyridine rings is 1. The summed E-state index contributed by atoms with van der Waals surface area (Å²) in [5.41, 5.74) is 2.18. The van der Waals surface area contributed by atoms with E-state index < -0.39 is 0 Å². The standard InChI is InChI=1S/C17H29N3O/c1-13(2)18-9-15-7-6-8-16(19-15)11-20-10-14(3)21-17(4,5)12-20/h6-8,13-14,18H,9-12H2,1-5H3. The zero-order valence-corrected chi connectivity index (χ0v) is 14.0. The number of aromatic nitrogens is 1. The molecule has 1 fully saturated rings. The second kappa shape index (κ2) is 6.86. The van der Waals surface area contributed by atoms with Crippen molar-refractivity contribution >= 4 is 0 Å². The predicted molar refractivity (Wildman–Crippen MR) is 86.1 cm³/mol. The van der Waals surface area contributed by atoms with E-state index in [-0.39, 0.29) is 11.7 Å². The molecule has 2 rings (SSSR count). The van der Waals surface area contributed by atoms with Gasteiger partial charge in [0.2, 0.25) is 0 Å². The van der Waals surface area contributed by atoms with E-state index >= 15 is 0 Å². The van der Waals surface area contributed by atoms with Crippen molar-refractivity contribution in [3.05, 3.63) is 29.6 Å². The van der Waals surface area contributed by atoms with Crippen LogP contribution in [0.15, 0.2) is 18.2 Å². The van der Waals surface area contributed by atoms with Gasteiger partial charge >= 0.3 is 0 Å². The van der Waals surface area contributed by atoms with Crippen molar-refractivity contribution in [1.82, 2.24) is 15.2 Å². The van der Waals surface area contributed by atoms with Crippen LogP contribution in [0.5, 0.6) is 0 Å². The average molecular weight is 291 g/mol. The van der Waals surface area contributed by atoms with Crippen LogP contribution in [0.4, 0.5) is 0 Å². The Bertz CT molecular complexity index is 459. The van der Waals surface area contributed by atoms with Crippen molar-refractivity contribution in [2.45, 2.75) is 65.5 Å². The van der Waals surface area contributed by atoms with E-state index in [2.05, 4.69) is 63.0 Å². The van der Waals surface area contributed by atoms with Crippen LogP contribution in [0.3, 0.4) is 0 Å². The molecule has 0 aromatic carbocycles. The summed E-state index contributed by atoms with van der Waals surface area (Å²) >= 11 is 0. The molecule has 0 aliphatic carbocycles. The second-order valence-corrected chi connectivity index (χ2v) is 7.01. The number of ether oxygens (including phenoxy) is 1. The molecule has 1 saturated heterocycles. The summed E-state index contributed by atoms with van der Waals surface area (Å²) in [6.07, 6.45) is 0.277. The summed E-state index contributed by atoms with van der Waals surface area (Å²) in [5, 5.41) is 3.42. The highest BCUT2D eigenvalue weighted by Crippen LogP contribution is 2.21. The molecule has 1 aromatic rings. The van der Waals surface area contributed by atoms with Gasteiger partial charge in [0, 0.05) is 32.2 Å². The summed E-state index contributed by atoms with van der Waals surface area (Å²) in [4.78, 5) is 7.21. The Labute approximate surface area is 128 Å². The van der Waals surface area contributed by atoms with Crippen LogP contribution in [0.25, 0.3) is 0 Å². The fourth-order valence-electron chi connectivity index (χ4n) is 2.96. The fraction of sp³-hybridized carbons (Fsp3) is 0.706. The lowest BCUT2D eigenvalue weighted by molar-refractivity contribution is -0.130. The molecule has 2 heterocycles. The van der Waals surface area contributed by atoms with Crippen LogP contribution in [-0.2, 0) is 17.8 Å². The van der Waals surface area contributed by atoms with Crippen LogP contribution in [0, 0.1) is 0 Å². The summed E-state index contributed by atoms with van der Waals surface area (Å²) in [5.74, 6) is 0. The lowest BCUT2D eigenvalue weighted by atomic mass is 10.1. The molecule has 1 N–H and O–H groups in total. The van der Waals surface area contributed by atoms with Gasteiger partial charge in [-0.15, -0.1) is 0 Å². The van der Waals surface area contributed by atoms with Gasteiger partial charge in [-0.3, -0.25) is 9.88 Å². The third kappa shape index (κ3) is 5.38. The molecule has 0 saturated carbocycles. The maximum atomic E-state index is 5.96. The molecule has 1 aromatic heterocycles. The monoisotopic (exact) mass is 291 g/mol. The number of hydrogen-bond acceptors (Lipinski definition) is 4. The Balaban J connectivity index is 1.97. The van der Waals surface area contributed by atoms with Crippen molar-refractivity contribution < 1.29 is 4.74 Å². The second-order valence-electron chi connectivity index (χ2n) is 7.01. The van der Waals surface area contributed by atoms with Gasteiger partial charge in [0.05, 0.1) is 23.1 Å². The first-order valence-electron chi connectivity index (χ1n) is 7.92. The minimum absolute atomic E-state index is 0.0749. The smallest absolute Gasteiger partial charge is 0.0757 e. The van der Waals surface area contributed by atoms with Gasteiger partial charge in [-0.05, 0) is 32.9 Å². The maximum absolute atomic E-state index is 5.96. The largest absolute Gasteiger partial charge is 0.370 e. The fourth-order valence-corrected chi connectivity index (χ4v) is 2.96. The molecule has 1 aliphatic heterocycles. The van der Waals surface area contributed by atoms with Gasteiger partial charge in [0.15, 0.2) is 0 Å². The Kier molecular flexibility index (Phi) is 5.36. The lowest BCUT2D eigenvalue weighted by Crippen LogP contribution is -2.51. The minimum atomic E-state index is -0.0749. The van der Waals surface area contributed by atoms with Gasteiger partial charge in [-0.25, -0.2) is 0 Å². The number of morpholine rings is 1. The Morgan fingerprint density at radius 2 is 2.10 bits per heavy atom. The summed E-state index contributed by atoms with van der Waals surface area (Å²) in [7, 11) is 0. The van der Waals surface area contributed by atoms with Gasteiger partial charge in [0.25, 0.3) is 0 Å². The first kappa shape index (κ1) is 16.4. The van der Waals surface area contributed by atoms with Crippen molar-refractivity contribution in [3.63, 3.8) is 0 Å². The summed E-state index contributed by atoms with van der Waals surface area (Å²) < 4.78 is 5.96. The first-order valence-corrected chi connectivity index (χ1v) is 7.92. The normalized spacial score (nSPS) is 22.7. The topological polar surface area (TPSA) is 37.4 Å². The molecule has 0 radical (unpaired) electrons. The first-order chi connectivity index (χ1) is 9.84. The molecule has 1 aliphatic rings. The predicted octanol–water partition coefficient (Wildman–Crippen LogP) is 2.58. The zero-order valence-electron chi connectivity index (χ0n) is 14.0. The van der Waals surface area contributed by atoms with E-state index in [1.807, 2.05) is 0 Å². The highest BCUT2D eigenvalue weighted by Gasteiger charge is 2.31. The molecule has 118 valence electrons. The zero-order chi connectivity index (χ0) is 15.5. The number of nitrogens with zero attached hydrogens (tertiary/aromatic N) is 2. The lowest BCUT2D eigenvalue weighted by Gasteiger charge is -2.41. The SMILES string of the molecule is CC(C)NCc1cccc(CN2CC(C)OC(C)(C)C2)n1. The van der Waals surface area contributed by atoms with Crippen LogP contribution in [0.1, 0.15) is 46.0 Å². The van der Waals surface area contributed by atoms with E-state index in [9.17, 15) is 0 Å². The van der Waals surface area contributed by atoms with Gasteiger partial charge in [-0.1, -0.05) is 19.9 Å². The van der Waals surface area contributed by atoms with E-state index in [1.165, 1.54) is 0 Å². The highest BCUT2D eigenvalue weighted by molar-refractivity contribution is 5.11. The Morgan fingerprint density at radius 1 is 1.38 bits per heavy atom. The van der Waals surface area contributed by atoms with E-state index in [0.29, 0.717) is 6.04 Å². The number of hydrogen-bond donors (Lipinski definition) is 1. The van der Waals surface area contributed by atoms with E-state index in [4.69, 9.17) is 9.72 Å². The Morgan fingerprint density at radius 3 is 2.76 bits per heavy atom. The van der Waals surface area contributed by atoms with E-state index in [0.717, 1.165) is 37.6 Å². The molecule has 0 amide bonds. The quantitative estimate of drug-likeness (QED) is 0.905. The molecule has 1 atom stereocenters.